The highest BCUT2D eigenvalue weighted by molar-refractivity contribution is 6.07. The summed E-state index contributed by atoms with van der Waals surface area (Å²) in [4.78, 5) is 16.7. The first kappa shape index (κ1) is 25.8. The second kappa shape index (κ2) is 9.97. The minimum absolute atomic E-state index is 0.242. The average Bonchev–Trinajstić information content (AvgIpc) is 3.47. The number of nitrogens with one attached hydrogen (secondary N) is 3. The van der Waals surface area contributed by atoms with Gasteiger partial charge in [0.05, 0.1) is 28.8 Å². The molecule has 0 spiro atoms. The summed E-state index contributed by atoms with van der Waals surface area (Å²) in [5, 5.41) is 15.3. The first-order valence-electron chi connectivity index (χ1n) is 12.3. The van der Waals surface area contributed by atoms with Crippen LogP contribution in [0.4, 0.5) is 5.69 Å². The Bertz CT molecular complexity index is 1500. The third kappa shape index (κ3) is 5.14. The number of benzene rings is 2. The quantitative estimate of drug-likeness (QED) is 0.242. The molecular weight excluding hydrogens is 462 g/mol. The maximum absolute atomic E-state index is 12.1. The fraction of sp³-hybridized carbons (Fsp3) is 0.276. The maximum atomic E-state index is 12.1. The van der Waals surface area contributed by atoms with E-state index in [9.17, 15) is 4.79 Å². The predicted molar refractivity (Wildman–Crippen MR) is 152 cm³/mol. The summed E-state index contributed by atoms with van der Waals surface area (Å²) in [7, 11) is 1.80. The number of nitrogens with zero attached hydrogens (tertiary/aromatic N) is 3. The molecule has 0 atom stereocenters. The third-order valence-electron chi connectivity index (χ3n) is 6.13. The number of hydrogen-bond acceptors (Lipinski definition) is 5. The van der Waals surface area contributed by atoms with Crippen molar-refractivity contribution in [1.82, 2.24) is 19.4 Å². The number of carbonyl (C=O) groups is 1. The van der Waals surface area contributed by atoms with E-state index in [1.54, 1.807) is 25.6 Å². The lowest BCUT2D eigenvalue weighted by atomic mass is 10.0. The molecule has 4 aromatic rings. The van der Waals surface area contributed by atoms with Crippen molar-refractivity contribution in [1.29, 1.82) is 5.41 Å². The van der Waals surface area contributed by atoms with Crippen LogP contribution < -0.4 is 16.4 Å². The van der Waals surface area contributed by atoms with Gasteiger partial charge in [-0.3, -0.25) is 4.79 Å². The molecule has 2 heterocycles. The fourth-order valence-corrected chi connectivity index (χ4v) is 4.52. The van der Waals surface area contributed by atoms with Gasteiger partial charge in [0.25, 0.3) is 5.91 Å². The average molecular weight is 498 g/mol. The van der Waals surface area contributed by atoms with Crippen molar-refractivity contribution in [2.45, 2.75) is 46.1 Å². The number of imidazole rings is 1. The number of anilines is 1. The van der Waals surface area contributed by atoms with Crippen LogP contribution in [0.2, 0.25) is 0 Å². The molecule has 1 amide bonds. The number of nitrogens with two attached hydrogens (primary N) is 1. The predicted octanol–water partition coefficient (Wildman–Crippen LogP) is 5.46. The minimum Gasteiger partial charge on any atom is -0.393 e. The van der Waals surface area contributed by atoms with E-state index >= 15 is 0 Å². The molecule has 0 saturated heterocycles. The summed E-state index contributed by atoms with van der Waals surface area (Å²) in [6.07, 6.45) is 8.94. The van der Waals surface area contributed by atoms with Gasteiger partial charge >= 0.3 is 0 Å². The highest BCUT2D eigenvalue weighted by Gasteiger charge is 2.20. The molecule has 8 heteroatoms. The van der Waals surface area contributed by atoms with Crippen LogP contribution in [0.15, 0.2) is 61.3 Å². The molecule has 8 nitrogen and oxygen atoms in total. The van der Waals surface area contributed by atoms with Gasteiger partial charge in [-0.2, -0.15) is 0 Å². The summed E-state index contributed by atoms with van der Waals surface area (Å²) < 4.78 is 4.16. The SMILES string of the molecule is CN/C=C(\C=N)c1cn(-c2cccc3c2c(C(C)C)cn3-c2ccc(C(N)=O)c(NC(C)(C)C)c2)cn1. The number of fused-ring (bicyclic) bond motifs is 1. The Kier molecular flexibility index (Phi) is 6.94. The van der Waals surface area contributed by atoms with Crippen LogP contribution in [0, 0.1) is 5.41 Å². The van der Waals surface area contributed by atoms with Crippen molar-refractivity contribution >= 4 is 34.3 Å². The number of hydrogen-bond donors (Lipinski definition) is 4. The van der Waals surface area contributed by atoms with E-state index in [0.717, 1.165) is 22.3 Å². The van der Waals surface area contributed by atoms with Gasteiger partial charge in [-0.15, -0.1) is 0 Å². The van der Waals surface area contributed by atoms with E-state index < -0.39 is 5.91 Å². The molecule has 37 heavy (non-hydrogen) atoms. The zero-order valence-corrected chi connectivity index (χ0v) is 22.3. The molecule has 0 aliphatic rings. The molecule has 4 rings (SSSR count). The van der Waals surface area contributed by atoms with Crippen LogP contribution in [0.5, 0.6) is 0 Å². The molecular formula is C29H35N7O. The van der Waals surface area contributed by atoms with E-state index in [2.05, 4.69) is 52.4 Å². The Hall–Kier alpha value is -4.33. The Labute approximate surface area is 217 Å². The molecule has 0 aliphatic carbocycles. The van der Waals surface area contributed by atoms with Gasteiger partial charge < -0.3 is 30.9 Å². The summed E-state index contributed by atoms with van der Waals surface area (Å²) in [5.74, 6) is -0.195. The molecule has 0 fully saturated rings. The first-order valence-corrected chi connectivity index (χ1v) is 12.3. The van der Waals surface area contributed by atoms with Gasteiger partial charge in [0.2, 0.25) is 0 Å². The highest BCUT2D eigenvalue weighted by Crippen LogP contribution is 2.35. The van der Waals surface area contributed by atoms with Crippen molar-refractivity contribution in [3.05, 3.63) is 78.1 Å². The maximum Gasteiger partial charge on any atom is 0.250 e. The second-order valence-corrected chi connectivity index (χ2v) is 10.4. The van der Waals surface area contributed by atoms with E-state index in [-0.39, 0.29) is 11.5 Å². The lowest BCUT2D eigenvalue weighted by Crippen LogP contribution is -2.28. The number of primary amides is 1. The molecule has 0 bridgehead atoms. The standard InChI is InChI=1S/C29H35N7O/c1-18(2)22-15-36(20-10-11-21(28(31)37)23(12-20)34-29(3,4)5)26-9-7-8-25(27(22)26)35-16-24(33-17-35)19(13-30)14-32-6/h7-18,30,32,34H,1-6H3,(H2,31,37)/b19-14+,30-13?. The van der Waals surface area contributed by atoms with E-state index in [0.29, 0.717) is 22.5 Å². The number of amides is 1. The lowest BCUT2D eigenvalue weighted by Gasteiger charge is -2.24. The van der Waals surface area contributed by atoms with Gasteiger partial charge in [0.1, 0.15) is 0 Å². The van der Waals surface area contributed by atoms with Crippen molar-refractivity contribution in [2.75, 3.05) is 12.4 Å². The molecule has 192 valence electrons. The summed E-state index contributed by atoms with van der Waals surface area (Å²) >= 11 is 0. The third-order valence-corrected chi connectivity index (χ3v) is 6.13. The molecule has 0 radical (unpaired) electrons. The zero-order chi connectivity index (χ0) is 26.9. The Balaban J connectivity index is 1.92. The monoisotopic (exact) mass is 497 g/mol. The largest absolute Gasteiger partial charge is 0.393 e. The van der Waals surface area contributed by atoms with Gasteiger partial charge in [-0.1, -0.05) is 19.9 Å². The summed E-state index contributed by atoms with van der Waals surface area (Å²) in [5.41, 5.74) is 12.2. The Morgan fingerprint density at radius 2 is 1.92 bits per heavy atom. The molecule has 0 aliphatic heterocycles. The van der Waals surface area contributed by atoms with Crippen LogP contribution in [0.1, 0.15) is 62.2 Å². The smallest absolute Gasteiger partial charge is 0.250 e. The van der Waals surface area contributed by atoms with Crippen molar-refractivity contribution in [3.8, 4) is 11.4 Å². The summed E-state index contributed by atoms with van der Waals surface area (Å²) in [6, 6.07) is 11.9. The van der Waals surface area contributed by atoms with Crippen molar-refractivity contribution < 1.29 is 4.79 Å². The van der Waals surface area contributed by atoms with Crippen molar-refractivity contribution in [3.63, 3.8) is 0 Å². The van der Waals surface area contributed by atoms with Crippen LogP contribution in [0.3, 0.4) is 0 Å². The van der Waals surface area contributed by atoms with Crippen LogP contribution in [-0.2, 0) is 0 Å². The number of rotatable bonds is 8. The molecule has 0 saturated carbocycles. The van der Waals surface area contributed by atoms with E-state index in [1.807, 2.05) is 49.7 Å². The minimum atomic E-state index is -0.464. The normalized spacial score (nSPS) is 12.2. The van der Waals surface area contributed by atoms with Gasteiger partial charge in [0, 0.05) is 59.7 Å². The van der Waals surface area contributed by atoms with Gasteiger partial charge in [0.15, 0.2) is 0 Å². The van der Waals surface area contributed by atoms with Crippen LogP contribution in [-0.4, -0.2) is 38.8 Å². The van der Waals surface area contributed by atoms with Gasteiger partial charge in [-0.05, 0) is 62.6 Å². The number of aromatic nitrogens is 3. The molecule has 2 aromatic heterocycles. The topological polar surface area (TPSA) is 114 Å². The van der Waals surface area contributed by atoms with Gasteiger partial charge in [-0.25, -0.2) is 4.98 Å². The molecule has 0 unspecified atom stereocenters. The molecule has 5 N–H and O–H groups in total. The Morgan fingerprint density at radius 1 is 1.16 bits per heavy atom. The number of carbonyl (C=O) groups excluding carboxylic acids is 1. The van der Waals surface area contributed by atoms with E-state index in [1.165, 1.54) is 11.8 Å². The fourth-order valence-electron chi connectivity index (χ4n) is 4.52. The first-order chi connectivity index (χ1) is 17.5. The number of allylic oxidation sites excluding steroid dienone is 1. The lowest BCUT2D eigenvalue weighted by molar-refractivity contribution is 0.100. The summed E-state index contributed by atoms with van der Waals surface area (Å²) in [6.45, 7) is 10.5. The highest BCUT2D eigenvalue weighted by atomic mass is 16.1. The molecule has 2 aromatic carbocycles. The second-order valence-electron chi connectivity index (χ2n) is 10.4. The Morgan fingerprint density at radius 3 is 2.54 bits per heavy atom. The van der Waals surface area contributed by atoms with Crippen LogP contribution >= 0.6 is 0 Å². The van der Waals surface area contributed by atoms with Crippen LogP contribution in [0.25, 0.3) is 27.9 Å². The zero-order valence-electron chi connectivity index (χ0n) is 22.3. The van der Waals surface area contributed by atoms with Crippen molar-refractivity contribution in [2.24, 2.45) is 5.73 Å². The van der Waals surface area contributed by atoms with E-state index in [4.69, 9.17) is 11.1 Å².